The normalized spacial score (nSPS) is 18.9. The van der Waals surface area contributed by atoms with Crippen LogP contribution >= 0.6 is 0 Å². The summed E-state index contributed by atoms with van der Waals surface area (Å²) in [5, 5.41) is 16.0. The Kier molecular flexibility index (Phi) is 5.47. The number of aryl methyl sites for hydroxylation is 1. The second-order valence-corrected chi connectivity index (χ2v) is 7.33. The van der Waals surface area contributed by atoms with E-state index in [9.17, 15) is 0 Å². The minimum atomic E-state index is -0.180. The molecule has 25 heavy (non-hydrogen) atoms. The molecule has 3 rings (SSSR count). The second-order valence-electron chi connectivity index (χ2n) is 7.33. The van der Waals surface area contributed by atoms with Gasteiger partial charge in [-0.15, -0.1) is 5.10 Å². The number of nitrogens with zero attached hydrogens (tertiary/aromatic N) is 6. The zero-order valence-electron chi connectivity index (χ0n) is 15.2. The van der Waals surface area contributed by atoms with Crippen LogP contribution in [0.2, 0.25) is 0 Å². The number of nitrogens with one attached hydrogen (secondary N) is 1. The van der Waals surface area contributed by atoms with Crippen molar-refractivity contribution in [3.8, 4) is 0 Å². The quantitative estimate of drug-likeness (QED) is 0.773. The maximum absolute atomic E-state index is 5.87. The Balaban J connectivity index is 1.69. The first-order valence-electron chi connectivity index (χ1n) is 8.84. The van der Waals surface area contributed by atoms with Crippen molar-refractivity contribution in [1.29, 1.82) is 0 Å². The summed E-state index contributed by atoms with van der Waals surface area (Å²) in [7, 11) is 0. The number of hydrogen-bond donors (Lipinski definition) is 1. The fourth-order valence-corrected chi connectivity index (χ4v) is 2.99. The van der Waals surface area contributed by atoms with Crippen molar-refractivity contribution >= 4 is 0 Å². The largest absolute Gasteiger partial charge is 0.496 e. The third kappa shape index (κ3) is 4.45. The van der Waals surface area contributed by atoms with E-state index < -0.39 is 0 Å². The maximum atomic E-state index is 5.87. The molecule has 2 aromatic rings. The Morgan fingerprint density at radius 3 is 2.96 bits per heavy atom. The lowest BCUT2D eigenvalue weighted by Gasteiger charge is -2.30. The van der Waals surface area contributed by atoms with E-state index >= 15 is 0 Å². The van der Waals surface area contributed by atoms with Crippen molar-refractivity contribution < 1.29 is 4.74 Å². The Labute approximate surface area is 148 Å². The van der Waals surface area contributed by atoms with Crippen LogP contribution in [0.3, 0.4) is 0 Å². The molecule has 3 heterocycles. The molecule has 0 aromatic carbocycles. The minimum absolute atomic E-state index is 0.0327. The van der Waals surface area contributed by atoms with E-state index in [0.29, 0.717) is 0 Å². The molecule has 0 radical (unpaired) electrons. The van der Waals surface area contributed by atoms with Crippen LogP contribution in [0.15, 0.2) is 31.1 Å². The lowest BCUT2D eigenvalue weighted by molar-refractivity contribution is 0.0782. The highest BCUT2D eigenvalue weighted by molar-refractivity contribution is 5.02. The first-order chi connectivity index (χ1) is 12.1. The number of tetrazole rings is 1. The van der Waals surface area contributed by atoms with Crippen LogP contribution in [0.1, 0.15) is 51.9 Å². The summed E-state index contributed by atoms with van der Waals surface area (Å²) >= 11 is 0. The molecule has 0 saturated heterocycles. The molecule has 1 aliphatic rings. The molecule has 2 atom stereocenters. The predicted octanol–water partition coefficient (Wildman–Crippen LogP) is 2.04. The zero-order chi connectivity index (χ0) is 17.7. The average Bonchev–Trinajstić information content (AvgIpc) is 3.26. The van der Waals surface area contributed by atoms with Gasteiger partial charge in [-0.2, -0.15) is 0 Å². The number of aromatic nitrogens is 6. The highest BCUT2D eigenvalue weighted by Crippen LogP contribution is 2.26. The molecule has 8 nitrogen and oxygen atoms in total. The summed E-state index contributed by atoms with van der Waals surface area (Å²) in [5.41, 5.74) is -0.180. The Hall–Kier alpha value is -2.22. The lowest BCUT2D eigenvalue weighted by atomic mass is 10.0. The smallest absolute Gasteiger partial charge is 0.172 e. The number of rotatable bonds is 7. The minimum Gasteiger partial charge on any atom is -0.496 e. The van der Waals surface area contributed by atoms with Crippen molar-refractivity contribution in [2.75, 3.05) is 6.54 Å². The van der Waals surface area contributed by atoms with Gasteiger partial charge in [-0.1, -0.05) is 0 Å². The van der Waals surface area contributed by atoms with Gasteiger partial charge in [0.1, 0.15) is 12.1 Å². The van der Waals surface area contributed by atoms with Crippen molar-refractivity contribution in [2.45, 2.75) is 64.3 Å². The van der Waals surface area contributed by atoms with Crippen LogP contribution in [-0.2, 0) is 16.8 Å². The molecule has 1 N–H and O–H groups in total. The van der Waals surface area contributed by atoms with Gasteiger partial charge in [-0.25, -0.2) is 9.67 Å². The summed E-state index contributed by atoms with van der Waals surface area (Å²) < 4.78 is 9.84. The lowest BCUT2D eigenvalue weighted by Crippen LogP contribution is -2.39. The third-order valence-electron chi connectivity index (χ3n) is 4.26. The summed E-state index contributed by atoms with van der Waals surface area (Å²) in [6.45, 7) is 8.08. The molecule has 0 bridgehead atoms. The van der Waals surface area contributed by atoms with Crippen LogP contribution < -0.4 is 5.32 Å². The first kappa shape index (κ1) is 17.6. The fourth-order valence-electron chi connectivity index (χ4n) is 2.99. The first-order valence-corrected chi connectivity index (χ1v) is 8.84. The molecule has 0 spiro atoms. The highest BCUT2D eigenvalue weighted by Gasteiger charge is 2.32. The van der Waals surface area contributed by atoms with Gasteiger partial charge in [0.05, 0.1) is 18.1 Å². The van der Waals surface area contributed by atoms with Gasteiger partial charge in [-0.3, -0.25) is 0 Å². The Morgan fingerprint density at radius 2 is 2.28 bits per heavy atom. The maximum Gasteiger partial charge on any atom is 0.172 e. The zero-order valence-corrected chi connectivity index (χ0v) is 15.2. The average molecular weight is 345 g/mol. The van der Waals surface area contributed by atoms with Gasteiger partial charge in [0.15, 0.2) is 5.82 Å². The molecular formula is C17H27N7O. The molecule has 0 fully saturated rings. The van der Waals surface area contributed by atoms with Crippen LogP contribution in [-0.4, -0.2) is 42.4 Å². The third-order valence-corrected chi connectivity index (χ3v) is 4.26. The van der Waals surface area contributed by atoms with Crippen LogP contribution in [0, 0.1) is 0 Å². The Bertz CT molecular complexity index is 671. The van der Waals surface area contributed by atoms with E-state index in [1.165, 1.54) is 0 Å². The van der Waals surface area contributed by atoms with E-state index in [1.54, 1.807) is 12.5 Å². The van der Waals surface area contributed by atoms with Crippen LogP contribution in [0.5, 0.6) is 0 Å². The van der Waals surface area contributed by atoms with Gasteiger partial charge in [0.25, 0.3) is 0 Å². The highest BCUT2D eigenvalue weighted by atomic mass is 16.5. The van der Waals surface area contributed by atoms with Gasteiger partial charge in [0, 0.05) is 18.9 Å². The monoisotopic (exact) mass is 345 g/mol. The van der Waals surface area contributed by atoms with E-state index in [0.717, 1.165) is 38.2 Å². The van der Waals surface area contributed by atoms with Crippen molar-refractivity contribution in [1.82, 2.24) is 35.1 Å². The number of allylic oxidation sites excluding steroid dienone is 1. The summed E-state index contributed by atoms with van der Waals surface area (Å²) in [6, 6.07) is -0.0398. The number of ether oxygens (including phenoxy) is 1. The molecule has 0 aliphatic carbocycles. The SMILES string of the molecule is CC(C)(C)n1nnnc1C(NCCCn1ccnc1)[C@@H]1CCC=CO1. The van der Waals surface area contributed by atoms with Crippen molar-refractivity contribution in [2.24, 2.45) is 0 Å². The van der Waals surface area contributed by atoms with E-state index in [4.69, 9.17) is 4.74 Å². The standard InChI is InChI=1S/C17H27N7O/c1-17(2,3)24-16(20-21-22-24)15(14-7-4-5-12-25-14)19-8-6-10-23-11-9-18-13-23/h5,9,11-15,19H,4,6-8,10H2,1-3H3/t14-,15?/m0/s1. The topological polar surface area (TPSA) is 82.7 Å². The molecule has 1 aliphatic heterocycles. The number of hydrogen-bond acceptors (Lipinski definition) is 6. The number of imidazole rings is 1. The molecule has 2 aromatic heterocycles. The predicted molar refractivity (Wildman–Crippen MR) is 93.6 cm³/mol. The van der Waals surface area contributed by atoms with Gasteiger partial charge >= 0.3 is 0 Å². The molecule has 136 valence electrons. The van der Waals surface area contributed by atoms with Gasteiger partial charge in [0.2, 0.25) is 0 Å². The second kappa shape index (κ2) is 7.77. The van der Waals surface area contributed by atoms with Crippen LogP contribution in [0.25, 0.3) is 0 Å². The van der Waals surface area contributed by atoms with Crippen LogP contribution in [0.4, 0.5) is 0 Å². The summed E-state index contributed by atoms with van der Waals surface area (Å²) in [6.07, 6.45) is 12.5. The fraction of sp³-hybridized carbons (Fsp3) is 0.647. The van der Waals surface area contributed by atoms with Crippen molar-refractivity contribution in [3.05, 3.63) is 36.9 Å². The summed E-state index contributed by atoms with van der Waals surface area (Å²) in [5.74, 6) is 0.829. The molecule has 1 unspecified atom stereocenters. The molecule has 8 heteroatoms. The Morgan fingerprint density at radius 1 is 1.40 bits per heavy atom. The summed E-state index contributed by atoms with van der Waals surface area (Å²) in [4.78, 5) is 4.07. The molecular weight excluding hydrogens is 318 g/mol. The van der Waals surface area contributed by atoms with E-state index in [-0.39, 0.29) is 17.7 Å². The van der Waals surface area contributed by atoms with E-state index in [2.05, 4.69) is 57.2 Å². The van der Waals surface area contributed by atoms with E-state index in [1.807, 2.05) is 17.2 Å². The molecule has 0 amide bonds. The van der Waals surface area contributed by atoms with Crippen molar-refractivity contribution in [3.63, 3.8) is 0 Å². The van der Waals surface area contributed by atoms with Gasteiger partial charge < -0.3 is 14.6 Å². The van der Waals surface area contributed by atoms with Gasteiger partial charge in [-0.05, 0) is 63.1 Å². The molecule has 0 saturated carbocycles.